The molecule has 3 aromatic rings. The number of amides is 2. The standard InChI is InChI=1S/C20H19N5O2S3/c21-11-5-12-25(15-6-2-1-3-7-15)18(27)10-9-17(26)22-19-23-24-20(30-19)29-14-16-8-4-13-28-16/h1-4,6-8,13H,5,9-10,12,14H2,(H,22,23,26). The van der Waals surface area contributed by atoms with Gasteiger partial charge in [-0.2, -0.15) is 5.26 Å². The number of anilines is 2. The molecule has 0 aliphatic heterocycles. The molecule has 0 fully saturated rings. The van der Waals surface area contributed by atoms with Gasteiger partial charge in [-0.1, -0.05) is 47.4 Å². The Labute approximate surface area is 186 Å². The zero-order valence-electron chi connectivity index (χ0n) is 16.0. The van der Waals surface area contributed by atoms with Gasteiger partial charge in [0.05, 0.1) is 12.5 Å². The van der Waals surface area contributed by atoms with Crippen LogP contribution in [0.2, 0.25) is 0 Å². The fourth-order valence-corrected chi connectivity index (χ4v) is 5.09. The van der Waals surface area contributed by atoms with E-state index < -0.39 is 0 Å². The predicted octanol–water partition coefficient (Wildman–Crippen LogP) is 4.56. The molecule has 0 aliphatic carbocycles. The van der Waals surface area contributed by atoms with Crippen LogP contribution >= 0.6 is 34.4 Å². The second-order valence-electron chi connectivity index (χ2n) is 6.08. The SMILES string of the molecule is N#CCCN(C(=O)CCC(=O)Nc1nnc(SCc2cccs2)s1)c1ccccc1. The number of nitrogens with zero attached hydrogens (tertiary/aromatic N) is 4. The Kier molecular flexibility index (Phi) is 8.38. The molecule has 2 amide bonds. The van der Waals surface area contributed by atoms with E-state index in [2.05, 4.69) is 27.6 Å². The van der Waals surface area contributed by atoms with Crippen LogP contribution in [-0.2, 0) is 15.3 Å². The highest BCUT2D eigenvalue weighted by Gasteiger charge is 2.17. The number of thioether (sulfide) groups is 1. The highest BCUT2D eigenvalue weighted by molar-refractivity contribution is 8.00. The summed E-state index contributed by atoms with van der Waals surface area (Å²) in [7, 11) is 0. The van der Waals surface area contributed by atoms with E-state index in [0.29, 0.717) is 11.7 Å². The number of nitrogens with one attached hydrogen (secondary N) is 1. The van der Waals surface area contributed by atoms with Gasteiger partial charge in [0.25, 0.3) is 0 Å². The van der Waals surface area contributed by atoms with Gasteiger partial charge < -0.3 is 10.2 Å². The van der Waals surface area contributed by atoms with Crippen molar-refractivity contribution >= 4 is 57.1 Å². The lowest BCUT2D eigenvalue weighted by atomic mass is 10.2. The number of hydrogen-bond acceptors (Lipinski definition) is 8. The van der Waals surface area contributed by atoms with Crippen LogP contribution in [-0.4, -0.2) is 28.6 Å². The van der Waals surface area contributed by atoms with Gasteiger partial charge in [-0.15, -0.1) is 21.5 Å². The van der Waals surface area contributed by atoms with Crippen molar-refractivity contribution in [3.05, 3.63) is 52.7 Å². The third kappa shape index (κ3) is 6.66. The molecule has 0 atom stereocenters. The lowest BCUT2D eigenvalue weighted by Gasteiger charge is -2.21. The second-order valence-corrected chi connectivity index (χ2v) is 9.31. The summed E-state index contributed by atoms with van der Waals surface area (Å²) in [6.45, 7) is 0.294. The molecule has 3 rings (SSSR count). The van der Waals surface area contributed by atoms with Gasteiger partial charge in [0.15, 0.2) is 4.34 Å². The number of rotatable bonds is 10. The second kappa shape index (κ2) is 11.4. The fraction of sp³-hybridized carbons (Fsp3) is 0.250. The van der Waals surface area contributed by atoms with Crippen LogP contribution in [0.3, 0.4) is 0 Å². The highest BCUT2D eigenvalue weighted by atomic mass is 32.2. The Hall–Kier alpha value is -2.74. The number of carbonyl (C=O) groups excluding carboxylic acids is 2. The molecular weight excluding hydrogens is 438 g/mol. The topological polar surface area (TPSA) is 99.0 Å². The maximum absolute atomic E-state index is 12.6. The molecule has 1 N–H and O–H groups in total. The molecule has 0 radical (unpaired) electrons. The minimum atomic E-state index is -0.289. The molecular formula is C20H19N5O2S3. The fourth-order valence-electron chi connectivity index (χ4n) is 2.55. The molecule has 10 heteroatoms. The van der Waals surface area contributed by atoms with Gasteiger partial charge in [-0.25, -0.2) is 0 Å². The number of para-hydroxylation sites is 1. The first-order chi connectivity index (χ1) is 14.7. The van der Waals surface area contributed by atoms with Crippen molar-refractivity contribution in [2.24, 2.45) is 0 Å². The van der Waals surface area contributed by atoms with Crippen LogP contribution in [0.1, 0.15) is 24.1 Å². The van der Waals surface area contributed by atoms with Crippen LogP contribution in [0, 0.1) is 11.3 Å². The summed E-state index contributed by atoms with van der Waals surface area (Å²) in [6.07, 6.45) is 0.306. The predicted molar refractivity (Wildman–Crippen MR) is 121 cm³/mol. The van der Waals surface area contributed by atoms with Crippen molar-refractivity contribution in [2.45, 2.75) is 29.4 Å². The molecule has 0 saturated heterocycles. The first-order valence-electron chi connectivity index (χ1n) is 9.16. The molecule has 30 heavy (non-hydrogen) atoms. The summed E-state index contributed by atoms with van der Waals surface area (Å²) < 4.78 is 0.779. The third-order valence-electron chi connectivity index (χ3n) is 3.95. The Balaban J connectivity index is 1.48. The smallest absolute Gasteiger partial charge is 0.227 e. The monoisotopic (exact) mass is 457 g/mol. The summed E-state index contributed by atoms with van der Waals surface area (Å²) in [5.74, 6) is 0.325. The van der Waals surface area contributed by atoms with Crippen molar-refractivity contribution < 1.29 is 9.59 Å². The third-order valence-corrected chi connectivity index (χ3v) is 7.03. The van der Waals surface area contributed by atoms with Crippen molar-refractivity contribution in [1.29, 1.82) is 5.26 Å². The Morgan fingerprint density at radius 2 is 1.97 bits per heavy atom. The van der Waals surface area contributed by atoms with Crippen LogP contribution < -0.4 is 10.2 Å². The van der Waals surface area contributed by atoms with E-state index >= 15 is 0 Å². The molecule has 7 nitrogen and oxygen atoms in total. The normalized spacial score (nSPS) is 10.4. The van der Waals surface area contributed by atoms with Crippen molar-refractivity contribution in [1.82, 2.24) is 10.2 Å². The van der Waals surface area contributed by atoms with Crippen LogP contribution in [0.5, 0.6) is 0 Å². The van der Waals surface area contributed by atoms with E-state index in [-0.39, 0.29) is 31.1 Å². The van der Waals surface area contributed by atoms with E-state index in [0.717, 1.165) is 15.8 Å². The minimum absolute atomic E-state index is 0.0337. The summed E-state index contributed by atoms with van der Waals surface area (Å²) in [5, 5.41) is 22.1. The molecule has 0 unspecified atom stereocenters. The quantitative estimate of drug-likeness (QED) is 0.354. The zero-order chi connectivity index (χ0) is 21.2. The van der Waals surface area contributed by atoms with Gasteiger partial charge in [0, 0.05) is 35.7 Å². The number of benzene rings is 1. The lowest BCUT2D eigenvalue weighted by Crippen LogP contribution is -2.32. The molecule has 0 bridgehead atoms. The average Bonchev–Trinajstić information content (AvgIpc) is 3.44. The molecule has 0 spiro atoms. The Bertz CT molecular complexity index is 999. The number of aromatic nitrogens is 2. The van der Waals surface area contributed by atoms with Crippen LogP contribution in [0.15, 0.2) is 52.2 Å². The molecule has 0 saturated carbocycles. The first kappa shape index (κ1) is 22.0. The van der Waals surface area contributed by atoms with Gasteiger partial charge in [-0.3, -0.25) is 9.59 Å². The van der Waals surface area contributed by atoms with Crippen molar-refractivity contribution in [2.75, 3.05) is 16.8 Å². The number of carbonyl (C=O) groups is 2. The molecule has 1 aromatic carbocycles. The van der Waals surface area contributed by atoms with E-state index in [1.165, 1.54) is 16.2 Å². The molecule has 154 valence electrons. The number of nitriles is 1. The number of hydrogen-bond donors (Lipinski definition) is 1. The largest absolute Gasteiger partial charge is 0.311 e. The Morgan fingerprint density at radius 3 is 2.70 bits per heavy atom. The zero-order valence-corrected chi connectivity index (χ0v) is 18.4. The van der Waals surface area contributed by atoms with Gasteiger partial charge in [0.2, 0.25) is 16.9 Å². The van der Waals surface area contributed by atoms with Crippen LogP contribution in [0.4, 0.5) is 10.8 Å². The summed E-state index contributed by atoms with van der Waals surface area (Å²) >= 11 is 4.57. The Morgan fingerprint density at radius 1 is 1.13 bits per heavy atom. The highest BCUT2D eigenvalue weighted by Crippen LogP contribution is 2.29. The van der Waals surface area contributed by atoms with Crippen molar-refractivity contribution in [3.8, 4) is 6.07 Å². The molecule has 2 aromatic heterocycles. The summed E-state index contributed by atoms with van der Waals surface area (Å²) in [6, 6.07) is 15.3. The summed E-state index contributed by atoms with van der Waals surface area (Å²) in [4.78, 5) is 27.7. The van der Waals surface area contributed by atoms with E-state index in [1.807, 2.05) is 41.8 Å². The van der Waals surface area contributed by atoms with Gasteiger partial charge >= 0.3 is 0 Å². The van der Waals surface area contributed by atoms with E-state index in [4.69, 9.17) is 5.26 Å². The molecule has 2 heterocycles. The van der Waals surface area contributed by atoms with Crippen LogP contribution in [0.25, 0.3) is 0 Å². The van der Waals surface area contributed by atoms with Gasteiger partial charge in [0.1, 0.15) is 0 Å². The first-order valence-corrected chi connectivity index (χ1v) is 11.8. The van der Waals surface area contributed by atoms with E-state index in [1.54, 1.807) is 28.0 Å². The van der Waals surface area contributed by atoms with Gasteiger partial charge in [-0.05, 0) is 23.6 Å². The van der Waals surface area contributed by atoms with E-state index in [9.17, 15) is 9.59 Å². The molecule has 0 aliphatic rings. The average molecular weight is 458 g/mol. The number of thiophene rings is 1. The summed E-state index contributed by atoms with van der Waals surface area (Å²) in [5.41, 5.74) is 0.717. The lowest BCUT2D eigenvalue weighted by molar-refractivity contribution is -0.122. The maximum atomic E-state index is 12.6. The van der Waals surface area contributed by atoms with Crippen molar-refractivity contribution in [3.63, 3.8) is 0 Å². The minimum Gasteiger partial charge on any atom is -0.311 e. The maximum Gasteiger partial charge on any atom is 0.227 e.